The predicted octanol–water partition coefficient (Wildman–Crippen LogP) is 1.89. The van der Waals surface area contributed by atoms with Gasteiger partial charge in [-0.05, 0) is 23.6 Å². The van der Waals surface area contributed by atoms with Crippen LogP contribution in [0.2, 0.25) is 0 Å². The Labute approximate surface area is 159 Å². The summed E-state index contributed by atoms with van der Waals surface area (Å²) in [5, 5.41) is 22.7. The Balaban J connectivity index is 1.40. The molecule has 0 aliphatic rings. The number of hydrogen-bond donors (Lipinski definition) is 2. The van der Waals surface area contributed by atoms with Gasteiger partial charge in [0.05, 0.1) is 30.3 Å². The zero-order valence-electron chi connectivity index (χ0n) is 14.6. The Bertz CT molecular complexity index is 1070. The number of hydrogen-bond acceptors (Lipinski definition) is 6. The van der Waals surface area contributed by atoms with Crippen LogP contribution in [0.3, 0.4) is 0 Å². The summed E-state index contributed by atoms with van der Waals surface area (Å²) in [5.41, 5.74) is 2.10. The van der Waals surface area contributed by atoms with Crippen LogP contribution < -0.4 is 5.32 Å². The SMILES string of the molecule is Cn1c(CNC(=O)c2cn(C[C@@H](O)c3cccs3)nn2)nc2ccccc21. The first-order valence-electron chi connectivity index (χ1n) is 8.42. The number of thiophene rings is 1. The highest BCUT2D eigenvalue weighted by Crippen LogP contribution is 2.20. The number of aromatic nitrogens is 5. The van der Waals surface area contributed by atoms with Crippen molar-refractivity contribution in [1.82, 2.24) is 29.9 Å². The molecule has 0 aliphatic carbocycles. The Morgan fingerprint density at radius 1 is 1.30 bits per heavy atom. The van der Waals surface area contributed by atoms with Crippen LogP contribution in [0.4, 0.5) is 0 Å². The van der Waals surface area contributed by atoms with Crippen LogP contribution in [0, 0.1) is 0 Å². The molecule has 3 heterocycles. The summed E-state index contributed by atoms with van der Waals surface area (Å²) in [7, 11) is 1.92. The minimum Gasteiger partial charge on any atom is -0.386 e. The number of carbonyl (C=O) groups excluding carboxylic acids is 1. The molecule has 0 fully saturated rings. The number of nitrogens with zero attached hydrogens (tertiary/aromatic N) is 5. The van der Waals surface area contributed by atoms with E-state index in [2.05, 4.69) is 20.6 Å². The topological polar surface area (TPSA) is 97.9 Å². The van der Waals surface area contributed by atoms with Gasteiger partial charge in [-0.15, -0.1) is 16.4 Å². The van der Waals surface area contributed by atoms with Crippen molar-refractivity contribution in [3.05, 3.63) is 64.4 Å². The van der Waals surface area contributed by atoms with E-state index in [-0.39, 0.29) is 24.7 Å². The molecule has 4 aromatic rings. The highest BCUT2D eigenvalue weighted by molar-refractivity contribution is 7.10. The molecule has 138 valence electrons. The second kappa shape index (κ2) is 7.29. The van der Waals surface area contributed by atoms with Crippen LogP contribution in [0.15, 0.2) is 48.0 Å². The van der Waals surface area contributed by atoms with Crippen molar-refractivity contribution < 1.29 is 9.90 Å². The van der Waals surface area contributed by atoms with Gasteiger partial charge < -0.3 is 15.0 Å². The molecule has 2 N–H and O–H groups in total. The van der Waals surface area contributed by atoms with E-state index in [9.17, 15) is 9.90 Å². The second-order valence-corrected chi connectivity index (χ2v) is 7.09. The van der Waals surface area contributed by atoms with Crippen molar-refractivity contribution in [3.8, 4) is 0 Å². The van der Waals surface area contributed by atoms with E-state index in [1.165, 1.54) is 22.2 Å². The molecule has 1 aromatic carbocycles. The van der Waals surface area contributed by atoms with Crippen molar-refractivity contribution in [1.29, 1.82) is 0 Å². The van der Waals surface area contributed by atoms with Crippen LogP contribution >= 0.6 is 11.3 Å². The van der Waals surface area contributed by atoms with Gasteiger partial charge in [-0.3, -0.25) is 4.79 Å². The second-order valence-electron chi connectivity index (χ2n) is 6.12. The molecule has 4 rings (SSSR count). The van der Waals surface area contributed by atoms with E-state index in [0.717, 1.165) is 21.7 Å². The summed E-state index contributed by atoms with van der Waals surface area (Å²) < 4.78 is 3.41. The number of carbonyl (C=O) groups is 1. The number of nitrogens with one attached hydrogen (secondary N) is 1. The third-order valence-electron chi connectivity index (χ3n) is 4.29. The maximum absolute atomic E-state index is 12.3. The van der Waals surface area contributed by atoms with Gasteiger partial charge in [0.15, 0.2) is 5.69 Å². The number of aliphatic hydroxyl groups excluding tert-OH is 1. The molecule has 0 radical (unpaired) electrons. The molecule has 0 aliphatic heterocycles. The average Bonchev–Trinajstić information content (AvgIpc) is 3.41. The van der Waals surface area contributed by atoms with Crippen molar-refractivity contribution in [2.45, 2.75) is 19.2 Å². The number of benzene rings is 1. The van der Waals surface area contributed by atoms with Crippen LogP contribution in [0.5, 0.6) is 0 Å². The average molecular weight is 382 g/mol. The van der Waals surface area contributed by atoms with Gasteiger partial charge in [0, 0.05) is 11.9 Å². The molecular weight excluding hydrogens is 364 g/mol. The van der Waals surface area contributed by atoms with Crippen molar-refractivity contribution in [3.63, 3.8) is 0 Å². The van der Waals surface area contributed by atoms with E-state index >= 15 is 0 Å². The van der Waals surface area contributed by atoms with Gasteiger partial charge in [-0.1, -0.05) is 23.4 Å². The maximum atomic E-state index is 12.3. The first kappa shape index (κ1) is 17.4. The normalized spacial score (nSPS) is 12.4. The Hall–Kier alpha value is -3.04. The molecule has 1 atom stereocenters. The molecule has 3 aromatic heterocycles. The Morgan fingerprint density at radius 2 is 2.15 bits per heavy atom. The van der Waals surface area contributed by atoms with E-state index in [4.69, 9.17) is 0 Å². The van der Waals surface area contributed by atoms with Crippen LogP contribution in [0.25, 0.3) is 11.0 Å². The molecule has 0 saturated heterocycles. The van der Waals surface area contributed by atoms with Gasteiger partial charge in [0.1, 0.15) is 11.9 Å². The minimum absolute atomic E-state index is 0.201. The van der Waals surface area contributed by atoms with Crippen molar-refractivity contribution in [2.75, 3.05) is 0 Å². The van der Waals surface area contributed by atoms with Crippen LogP contribution in [0.1, 0.15) is 27.3 Å². The minimum atomic E-state index is -0.678. The third-order valence-corrected chi connectivity index (χ3v) is 5.26. The van der Waals surface area contributed by atoms with Crippen LogP contribution in [-0.4, -0.2) is 35.6 Å². The Kier molecular flexibility index (Phi) is 4.69. The first-order valence-corrected chi connectivity index (χ1v) is 9.30. The monoisotopic (exact) mass is 382 g/mol. The van der Waals surface area contributed by atoms with E-state index in [0.29, 0.717) is 0 Å². The third kappa shape index (κ3) is 3.60. The zero-order valence-corrected chi connectivity index (χ0v) is 15.4. The fourth-order valence-corrected chi connectivity index (χ4v) is 3.55. The number of aryl methyl sites for hydroxylation is 1. The van der Waals surface area contributed by atoms with Crippen molar-refractivity contribution in [2.24, 2.45) is 7.05 Å². The first-order chi connectivity index (χ1) is 13.1. The zero-order chi connectivity index (χ0) is 18.8. The van der Waals surface area contributed by atoms with Gasteiger partial charge in [-0.25, -0.2) is 9.67 Å². The lowest BCUT2D eigenvalue weighted by Gasteiger charge is -2.07. The number of fused-ring (bicyclic) bond motifs is 1. The molecule has 0 saturated carbocycles. The molecule has 8 nitrogen and oxygen atoms in total. The van der Waals surface area contributed by atoms with Gasteiger partial charge in [0.25, 0.3) is 5.91 Å². The van der Waals surface area contributed by atoms with Gasteiger partial charge >= 0.3 is 0 Å². The summed E-state index contributed by atoms with van der Waals surface area (Å²) in [5.74, 6) is 0.420. The standard InChI is InChI=1S/C18H18N6O2S/c1-23-14-6-3-2-5-12(14)20-17(23)9-19-18(26)13-10-24(22-21-13)11-15(25)16-7-4-8-27-16/h2-8,10,15,25H,9,11H2,1H3,(H,19,26)/t15-/m1/s1. The van der Waals surface area contributed by atoms with E-state index in [1.807, 2.05) is 53.4 Å². The summed E-state index contributed by atoms with van der Waals surface area (Å²) in [6, 6.07) is 11.5. The predicted molar refractivity (Wildman–Crippen MR) is 101 cm³/mol. The summed E-state index contributed by atoms with van der Waals surface area (Å²) in [4.78, 5) is 17.7. The fraction of sp³-hybridized carbons (Fsp3) is 0.222. The summed E-state index contributed by atoms with van der Waals surface area (Å²) >= 11 is 1.47. The number of imidazole rings is 1. The largest absolute Gasteiger partial charge is 0.386 e. The number of amides is 1. The number of aliphatic hydroxyl groups is 1. The molecular formula is C18H18N6O2S. The fourth-order valence-electron chi connectivity index (χ4n) is 2.84. The molecule has 1 amide bonds. The highest BCUT2D eigenvalue weighted by atomic mass is 32.1. The molecule has 27 heavy (non-hydrogen) atoms. The highest BCUT2D eigenvalue weighted by Gasteiger charge is 2.15. The summed E-state index contributed by atoms with van der Waals surface area (Å²) in [6.07, 6.45) is 0.851. The van der Waals surface area contributed by atoms with Gasteiger partial charge in [-0.2, -0.15) is 0 Å². The molecule has 0 bridgehead atoms. The lowest BCUT2D eigenvalue weighted by Crippen LogP contribution is -2.24. The Morgan fingerprint density at radius 3 is 2.93 bits per heavy atom. The summed E-state index contributed by atoms with van der Waals surface area (Å²) in [6.45, 7) is 0.528. The number of rotatable bonds is 6. The molecule has 0 spiro atoms. The van der Waals surface area contributed by atoms with E-state index in [1.54, 1.807) is 0 Å². The quantitative estimate of drug-likeness (QED) is 0.531. The molecule has 9 heteroatoms. The number of para-hydroxylation sites is 2. The van der Waals surface area contributed by atoms with E-state index < -0.39 is 6.10 Å². The lowest BCUT2D eigenvalue weighted by molar-refractivity contribution is 0.0944. The van der Waals surface area contributed by atoms with Gasteiger partial charge in [0.2, 0.25) is 0 Å². The lowest BCUT2D eigenvalue weighted by atomic mass is 10.3. The molecule has 0 unspecified atom stereocenters. The van der Waals surface area contributed by atoms with Crippen molar-refractivity contribution >= 4 is 28.3 Å². The maximum Gasteiger partial charge on any atom is 0.273 e. The van der Waals surface area contributed by atoms with Crippen LogP contribution in [-0.2, 0) is 20.1 Å². The smallest absolute Gasteiger partial charge is 0.273 e.